The van der Waals surface area contributed by atoms with Gasteiger partial charge in [-0.25, -0.2) is 0 Å². The summed E-state index contributed by atoms with van der Waals surface area (Å²) in [5.41, 5.74) is 0.572. The van der Waals surface area contributed by atoms with Crippen LogP contribution in [0.5, 0.6) is 11.5 Å². The van der Waals surface area contributed by atoms with Crippen LogP contribution in [-0.4, -0.2) is 40.1 Å². The van der Waals surface area contributed by atoms with E-state index in [0.717, 1.165) is 21.1 Å². The summed E-state index contributed by atoms with van der Waals surface area (Å²) in [7, 11) is 1.63. The van der Waals surface area contributed by atoms with E-state index in [1.807, 2.05) is 47.0 Å². The molecule has 9 heteroatoms. The molecule has 0 saturated heterocycles. The molecule has 1 aromatic heterocycles. The fourth-order valence-corrected chi connectivity index (χ4v) is 3.98. The second-order valence-corrected chi connectivity index (χ2v) is 8.25. The number of allylic oxidation sites excluding steroid dienone is 1. The molecule has 0 bridgehead atoms. The summed E-state index contributed by atoms with van der Waals surface area (Å²) in [6.45, 7) is 5.15. The Morgan fingerprint density at radius 2 is 1.94 bits per heavy atom. The lowest BCUT2D eigenvalue weighted by atomic mass is 10.2. The molecule has 0 aliphatic rings. The lowest BCUT2D eigenvalue weighted by Crippen LogP contribution is -2.25. The van der Waals surface area contributed by atoms with Crippen molar-refractivity contribution in [3.8, 4) is 11.5 Å². The number of halogens is 1. The van der Waals surface area contributed by atoms with Crippen molar-refractivity contribution in [3.05, 3.63) is 77.0 Å². The maximum atomic E-state index is 12.5. The summed E-state index contributed by atoms with van der Waals surface area (Å²) in [5.74, 6) is 2.76. The number of carbonyl (C=O) groups excluding carboxylic acids is 1. The fourth-order valence-electron chi connectivity index (χ4n) is 2.73. The zero-order valence-electron chi connectivity index (χ0n) is 17.1. The van der Waals surface area contributed by atoms with Gasteiger partial charge in [0.05, 0.1) is 25.8 Å². The highest BCUT2D eigenvalue weighted by Gasteiger charge is 2.14. The minimum absolute atomic E-state index is 0.178. The Labute approximate surface area is 194 Å². The van der Waals surface area contributed by atoms with Crippen molar-refractivity contribution in [2.45, 2.75) is 18.2 Å². The van der Waals surface area contributed by atoms with Crippen molar-refractivity contribution in [1.29, 1.82) is 0 Å². The van der Waals surface area contributed by atoms with Crippen molar-refractivity contribution in [1.82, 2.24) is 20.1 Å². The monoisotopic (exact) mass is 502 g/mol. The van der Waals surface area contributed by atoms with Gasteiger partial charge in [0.1, 0.15) is 11.5 Å². The summed E-state index contributed by atoms with van der Waals surface area (Å²) in [6.07, 6.45) is 1.78. The normalized spacial score (nSPS) is 10.5. The molecule has 31 heavy (non-hydrogen) atoms. The maximum absolute atomic E-state index is 12.5. The Morgan fingerprint density at radius 1 is 1.19 bits per heavy atom. The third-order valence-corrected chi connectivity index (χ3v) is 5.90. The molecule has 0 aliphatic carbocycles. The quantitative estimate of drug-likeness (QED) is 0.238. The molecule has 0 unspecified atom stereocenters. The number of rotatable bonds is 11. The molecule has 0 saturated carbocycles. The van der Waals surface area contributed by atoms with Gasteiger partial charge in [0.25, 0.3) is 5.91 Å². The van der Waals surface area contributed by atoms with Crippen LogP contribution in [0.3, 0.4) is 0 Å². The summed E-state index contributed by atoms with van der Waals surface area (Å²) < 4.78 is 13.6. The Kier molecular flexibility index (Phi) is 8.54. The van der Waals surface area contributed by atoms with Crippen LogP contribution in [0.2, 0.25) is 0 Å². The van der Waals surface area contributed by atoms with E-state index in [4.69, 9.17) is 9.47 Å². The van der Waals surface area contributed by atoms with Gasteiger partial charge in [0.15, 0.2) is 11.0 Å². The third-order valence-electron chi connectivity index (χ3n) is 4.27. The third kappa shape index (κ3) is 6.35. The van der Waals surface area contributed by atoms with E-state index >= 15 is 0 Å². The highest BCUT2D eigenvalue weighted by atomic mass is 79.9. The Balaban J connectivity index is 1.54. The Hall–Kier alpha value is -2.78. The van der Waals surface area contributed by atoms with E-state index in [0.29, 0.717) is 30.3 Å². The number of aromatic nitrogens is 3. The van der Waals surface area contributed by atoms with Gasteiger partial charge in [-0.3, -0.25) is 4.79 Å². The second kappa shape index (κ2) is 11.6. The molecule has 1 heterocycles. The van der Waals surface area contributed by atoms with Crippen LogP contribution >= 0.6 is 27.7 Å². The summed E-state index contributed by atoms with van der Waals surface area (Å²) in [5, 5.41) is 12.2. The molecule has 2 aromatic carbocycles. The van der Waals surface area contributed by atoms with E-state index in [1.54, 1.807) is 19.3 Å². The lowest BCUT2D eigenvalue weighted by molar-refractivity contribution is 0.0948. The topological polar surface area (TPSA) is 78.3 Å². The molecule has 0 aliphatic heterocycles. The summed E-state index contributed by atoms with van der Waals surface area (Å²) in [6, 6.07) is 14.7. The van der Waals surface area contributed by atoms with Crippen LogP contribution in [-0.2, 0) is 13.1 Å². The predicted octanol–water partition coefficient (Wildman–Crippen LogP) is 4.34. The minimum Gasteiger partial charge on any atom is -0.497 e. The number of nitrogens with zero attached hydrogens (tertiary/aromatic N) is 3. The van der Waals surface area contributed by atoms with Gasteiger partial charge in [-0.1, -0.05) is 30.0 Å². The van der Waals surface area contributed by atoms with Crippen LogP contribution in [0.4, 0.5) is 0 Å². The van der Waals surface area contributed by atoms with Crippen LogP contribution in [0, 0.1) is 0 Å². The van der Waals surface area contributed by atoms with Gasteiger partial charge in [0, 0.05) is 16.8 Å². The largest absolute Gasteiger partial charge is 0.497 e. The van der Waals surface area contributed by atoms with E-state index in [9.17, 15) is 4.79 Å². The number of nitrogens with one attached hydrogen (secondary N) is 1. The Bertz CT molecular complexity index is 1020. The highest BCUT2D eigenvalue weighted by molar-refractivity contribution is 9.10. The minimum atomic E-state index is -0.178. The highest BCUT2D eigenvalue weighted by Crippen LogP contribution is 2.20. The summed E-state index contributed by atoms with van der Waals surface area (Å²) >= 11 is 4.94. The number of amides is 1. The first-order valence-electron chi connectivity index (χ1n) is 9.57. The van der Waals surface area contributed by atoms with E-state index in [1.165, 1.54) is 11.8 Å². The number of carbonyl (C=O) groups is 1. The number of hydrogen-bond donors (Lipinski definition) is 1. The van der Waals surface area contributed by atoms with E-state index in [2.05, 4.69) is 38.0 Å². The van der Waals surface area contributed by atoms with Gasteiger partial charge < -0.3 is 19.4 Å². The first-order valence-corrected chi connectivity index (χ1v) is 11.4. The standard InChI is InChI=1S/C22H23BrN4O3S/c1-3-12-27-20(15-24-21(28)18-6-4-5-7-19(18)23)25-26-22(27)31-14-13-30-17-10-8-16(29-2)9-11-17/h3-11H,1,12-15H2,2H3,(H,24,28). The average molecular weight is 503 g/mol. The number of methoxy groups -OCH3 is 1. The van der Waals surface area contributed by atoms with E-state index in [-0.39, 0.29) is 12.5 Å². The molecular weight excluding hydrogens is 480 g/mol. The van der Waals surface area contributed by atoms with Gasteiger partial charge in [-0.2, -0.15) is 0 Å². The van der Waals surface area contributed by atoms with Crippen LogP contribution in [0.25, 0.3) is 0 Å². The smallest absolute Gasteiger partial charge is 0.252 e. The molecule has 162 valence electrons. The molecule has 1 N–H and O–H groups in total. The molecule has 3 aromatic rings. The number of benzene rings is 2. The fraction of sp³-hybridized carbons (Fsp3) is 0.227. The van der Waals surface area contributed by atoms with Crippen molar-refractivity contribution in [3.63, 3.8) is 0 Å². The van der Waals surface area contributed by atoms with Crippen LogP contribution in [0.15, 0.2) is 70.8 Å². The van der Waals surface area contributed by atoms with Gasteiger partial charge >= 0.3 is 0 Å². The number of ether oxygens (including phenoxy) is 2. The van der Waals surface area contributed by atoms with E-state index < -0.39 is 0 Å². The van der Waals surface area contributed by atoms with Gasteiger partial charge in [0.2, 0.25) is 0 Å². The molecular formula is C22H23BrN4O3S. The molecule has 3 rings (SSSR count). The molecule has 7 nitrogen and oxygen atoms in total. The molecule has 0 spiro atoms. The Morgan fingerprint density at radius 3 is 2.65 bits per heavy atom. The van der Waals surface area contributed by atoms with Gasteiger partial charge in [-0.05, 0) is 52.3 Å². The molecule has 0 fully saturated rings. The second-order valence-electron chi connectivity index (χ2n) is 6.33. The molecule has 1 amide bonds. The predicted molar refractivity (Wildman–Crippen MR) is 125 cm³/mol. The van der Waals surface area contributed by atoms with Crippen molar-refractivity contribution < 1.29 is 14.3 Å². The lowest BCUT2D eigenvalue weighted by Gasteiger charge is -2.10. The first kappa shape index (κ1) is 22.9. The van der Waals surface area contributed by atoms with Crippen molar-refractivity contribution >= 4 is 33.6 Å². The van der Waals surface area contributed by atoms with Crippen LogP contribution < -0.4 is 14.8 Å². The summed E-state index contributed by atoms with van der Waals surface area (Å²) in [4.78, 5) is 12.5. The van der Waals surface area contributed by atoms with Gasteiger partial charge in [-0.15, -0.1) is 16.8 Å². The first-order chi connectivity index (χ1) is 15.1. The maximum Gasteiger partial charge on any atom is 0.252 e. The zero-order valence-corrected chi connectivity index (χ0v) is 19.5. The zero-order chi connectivity index (χ0) is 22.1. The van der Waals surface area contributed by atoms with Crippen molar-refractivity contribution in [2.75, 3.05) is 19.5 Å². The average Bonchev–Trinajstić information content (AvgIpc) is 3.17. The number of thioether (sulfide) groups is 1. The molecule has 0 radical (unpaired) electrons. The SMILES string of the molecule is C=CCn1c(CNC(=O)c2ccccc2Br)nnc1SCCOc1ccc(OC)cc1. The molecule has 0 atom stereocenters. The van der Waals surface area contributed by atoms with Crippen LogP contribution in [0.1, 0.15) is 16.2 Å². The number of hydrogen-bond acceptors (Lipinski definition) is 6. The van der Waals surface area contributed by atoms with Crippen molar-refractivity contribution in [2.24, 2.45) is 0 Å².